The van der Waals surface area contributed by atoms with Crippen LogP contribution in [0, 0.1) is 0 Å². The van der Waals surface area contributed by atoms with E-state index in [1.807, 2.05) is 24.3 Å². The van der Waals surface area contributed by atoms with Crippen molar-refractivity contribution in [3.63, 3.8) is 0 Å². The Bertz CT molecular complexity index is 413. The fourth-order valence-corrected chi connectivity index (χ4v) is 1.73. The van der Waals surface area contributed by atoms with E-state index in [-0.39, 0.29) is 11.8 Å². The standard InChI is InChI=1S/C15H22N2O2/c1-3-4-5-6-15(19)16-11-13-7-9-14(10-8-13)17-12(2)18/h7-10H,3-6,11H2,1-2H3,(H,16,19)(H,17,18). The predicted octanol–water partition coefficient (Wildman–Crippen LogP) is 2.84. The van der Waals surface area contributed by atoms with Crippen molar-refractivity contribution >= 4 is 17.5 Å². The van der Waals surface area contributed by atoms with Crippen molar-refractivity contribution < 1.29 is 9.59 Å². The van der Waals surface area contributed by atoms with Crippen LogP contribution in [0.15, 0.2) is 24.3 Å². The molecule has 2 amide bonds. The zero-order chi connectivity index (χ0) is 14.1. The highest BCUT2D eigenvalue weighted by molar-refractivity contribution is 5.88. The van der Waals surface area contributed by atoms with Gasteiger partial charge in [-0.05, 0) is 24.1 Å². The smallest absolute Gasteiger partial charge is 0.221 e. The van der Waals surface area contributed by atoms with Crippen molar-refractivity contribution in [1.82, 2.24) is 5.32 Å². The van der Waals surface area contributed by atoms with E-state index >= 15 is 0 Å². The highest BCUT2D eigenvalue weighted by Gasteiger charge is 2.01. The van der Waals surface area contributed by atoms with E-state index in [2.05, 4.69) is 17.6 Å². The van der Waals surface area contributed by atoms with Gasteiger partial charge in [0, 0.05) is 25.6 Å². The van der Waals surface area contributed by atoms with Gasteiger partial charge in [-0.2, -0.15) is 0 Å². The molecule has 1 aromatic rings. The van der Waals surface area contributed by atoms with Crippen LogP contribution < -0.4 is 10.6 Å². The van der Waals surface area contributed by atoms with Crippen LogP contribution >= 0.6 is 0 Å². The van der Waals surface area contributed by atoms with Gasteiger partial charge in [0.15, 0.2) is 0 Å². The van der Waals surface area contributed by atoms with Crippen LogP contribution in [0.5, 0.6) is 0 Å². The van der Waals surface area contributed by atoms with Gasteiger partial charge in [-0.15, -0.1) is 0 Å². The molecule has 0 aliphatic rings. The summed E-state index contributed by atoms with van der Waals surface area (Å²) in [6.45, 7) is 4.13. The number of hydrogen-bond acceptors (Lipinski definition) is 2. The first kappa shape index (κ1) is 15.2. The van der Waals surface area contributed by atoms with E-state index in [0.29, 0.717) is 13.0 Å². The second kappa shape index (κ2) is 8.29. The normalized spacial score (nSPS) is 10.0. The number of anilines is 1. The average Bonchev–Trinajstić information content (AvgIpc) is 2.37. The maximum atomic E-state index is 11.5. The minimum Gasteiger partial charge on any atom is -0.352 e. The highest BCUT2D eigenvalue weighted by atomic mass is 16.2. The molecule has 19 heavy (non-hydrogen) atoms. The van der Waals surface area contributed by atoms with Gasteiger partial charge < -0.3 is 10.6 Å². The highest BCUT2D eigenvalue weighted by Crippen LogP contribution is 2.09. The van der Waals surface area contributed by atoms with E-state index < -0.39 is 0 Å². The summed E-state index contributed by atoms with van der Waals surface area (Å²) in [5, 5.41) is 5.60. The third-order valence-corrected chi connectivity index (χ3v) is 2.77. The van der Waals surface area contributed by atoms with Crippen LogP contribution in [-0.4, -0.2) is 11.8 Å². The maximum absolute atomic E-state index is 11.5. The molecule has 0 radical (unpaired) electrons. The number of rotatable bonds is 7. The molecule has 0 fully saturated rings. The molecular formula is C15H22N2O2. The minimum absolute atomic E-state index is 0.0861. The predicted molar refractivity (Wildman–Crippen MR) is 76.7 cm³/mol. The van der Waals surface area contributed by atoms with Crippen LogP contribution in [-0.2, 0) is 16.1 Å². The molecule has 0 saturated carbocycles. The Kier molecular flexibility index (Phi) is 6.64. The molecule has 2 N–H and O–H groups in total. The summed E-state index contributed by atoms with van der Waals surface area (Å²) >= 11 is 0. The topological polar surface area (TPSA) is 58.2 Å². The number of amides is 2. The first-order valence-corrected chi connectivity index (χ1v) is 6.75. The Hall–Kier alpha value is -1.84. The largest absolute Gasteiger partial charge is 0.352 e. The molecule has 0 spiro atoms. The molecule has 104 valence electrons. The molecule has 0 heterocycles. The molecular weight excluding hydrogens is 240 g/mol. The van der Waals surface area contributed by atoms with E-state index in [4.69, 9.17) is 0 Å². The summed E-state index contributed by atoms with van der Waals surface area (Å²) < 4.78 is 0. The summed E-state index contributed by atoms with van der Waals surface area (Å²) in [6, 6.07) is 7.47. The summed E-state index contributed by atoms with van der Waals surface area (Å²) in [7, 11) is 0. The lowest BCUT2D eigenvalue weighted by Gasteiger charge is -2.06. The van der Waals surface area contributed by atoms with Crippen molar-refractivity contribution in [1.29, 1.82) is 0 Å². The second-order valence-electron chi connectivity index (χ2n) is 4.61. The van der Waals surface area contributed by atoms with Crippen LogP contribution in [0.2, 0.25) is 0 Å². The Balaban J connectivity index is 2.33. The zero-order valence-electron chi connectivity index (χ0n) is 11.7. The molecule has 1 rings (SSSR count). The van der Waals surface area contributed by atoms with E-state index in [1.54, 1.807) is 0 Å². The lowest BCUT2D eigenvalue weighted by molar-refractivity contribution is -0.121. The second-order valence-corrected chi connectivity index (χ2v) is 4.61. The molecule has 0 aliphatic carbocycles. The Labute approximate surface area is 114 Å². The van der Waals surface area contributed by atoms with Crippen LogP contribution in [0.3, 0.4) is 0 Å². The van der Waals surface area contributed by atoms with Gasteiger partial charge in [-0.1, -0.05) is 31.9 Å². The van der Waals surface area contributed by atoms with Crippen LogP contribution in [0.25, 0.3) is 0 Å². The van der Waals surface area contributed by atoms with E-state index in [0.717, 1.165) is 30.5 Å². The first-order valence-electron chi connectivity index (χ1n) is 6.75. The molecule has 0 unspecified atom stereocenters. The summed E-state index contributed by atoms with van der Waals surface area (Å²) in [6.07, 6.45) is 3.76. The zero-order valence-corrected chi connectivity index (χ0v) is 11.7. The lowest BCUT2D eigenvalue weighted by atomic mass is 10.2. The van der Waals surface area contributed by atoms with E-state index in [1.165, 1.54) is 6.92 Å². The number of carbonyl (C=O) groups is 2. The number of hydrogen-bond donors (Lipinski definition) is 2. The molecule has 4 nitrogen and oxygen atoms in total. The van der Waals surface area contributed by atoms with Crippen molar-refractivity contribution in [3.05, 3.63) is 29.8 Å². The average molecular weight is 262 g/mol. The van der Waals surface area contributed by atoms with Crippen LogP contribution in [0.1, 0.15) is 45.1 Å². The molecule has 0 aliphatic heterocycles. The monoisotopic (exact) mass is 262 g/mol. The molecule has 0 bridgehead atoms. The van der Waals surface area contributed by atoms with Gasteiger partial charge in [0.25, 0.3) is 0 Å². The number of nitrogens with one attached hydrogen (secondary N) is 2. The third-order valence-electron chi connectivity index (χ3n) is 2.77. The Morgan fingerprint density at radius 1 is 1.11 bits per heavy atom. The van der Waals surface area contributed by atoms with Gasteiger partial charge in [-0.3, -0.25) is 9.59 Å². The van der Waals surface area contributed by atoms with Crippen molar-refractivity contribution in [2.45, 2.75) is 46.1 Å². The Morgan fingerprint density at radius 3 is 2.37 bits per heavy atom. The lowest BCUT2D eigenvalue weighted by Crippen LogP contribution is -2.22. The maximum Gasteiger partial charge on any atom is 0.221 e. The quantitative estimate of drug-likeness (QED) is 0.742. The summed E-state index contributed by atoms with van der Waals surface area (Å²) in [4.78, 5) is 22.4. The fourth-order valence-electron chi connectivity index (χ4n) is 1.73. The number of unbranched alkanes of at least 4 members (excludes halogenated alkanes) is 2. The van der Waals surface area contributed by atoms with Crippen LogP contribution in [0.4, 0.5) is 5.69 Å². The molecule has 4 heteroatoms. The van der Waals surface area contributed by atoms with E-state index in [9.17, 15) is 9.59 Å². The summed E-state index contributed by atoms with van der Waals surface area (Å²) in [5.41, 5.74) is 1.79. The fraction of sp³-hybridized carbons (Fsp3) is 0.467. The van der Waals surface area contributed by atoms with Gasteiger partial charge in [0.05, 0.1) is 0 Å². The molecule has 0 aromatic heterocycles. The van der Waals surface area contributed by atoms with Crippen molar-refractivity contribution in [2.24, 2.45) is 0 Å². The number of carbonyl (C=O) groups excluding carboxylic acids is 2. The van der Waals surface area contributed by atoms with Gasteiger partial charge >= 0.3 is 0 Å². The third kappa shape index (κ3) is 6.60. The first-order chi connectivity index (χ1) is 9.11. The van der Waals surface area contributed by atoms with Gasteiger partial charge in [0.2, 0.25) is 11.8 Å². The molecule has 1 aromatic carbocycles. The van der Waals surface area contributed by atoms with Gasteiger partial charge in [0.1, 0.15) is 0 Å². The van der Waals surface area contributed by atoms with Gasteiger partial charge in [-0.25, -0.2) is 0 Å². The minimum atomic E-state index is -0.0861. The SMILES string of the molecule is CCCCCC(=O)NCc1ccc(NC(C)=O)cc1. The number of benzene rings is 1. The summed E-state index contributed by atoms with van der Waals surface area (Å²) in [5.74, 6) is 0.0105. The molecule has 0 saturated heterocycles. The Morgan fingerprint density at radius 2 is 1.79 bits per heavy atom. The van der Waals surface area contributed by atoms with Crippen molar-refractivity contribution in [2.75, 3.05) is 5.32 Å². The molecule has 0 atom stereocenters. The van der Waals surface area contributed by atoms with Crippen molar-refractivity contribution in [3.8, 4) is 0 Å².